The Morgan fingerprint density at radius 3 is 1.43 bits per heavy atom. The minimum atomic E-state index is -4.71. The maximum absolute atomic E-state index is 12.6. The van der Waals surface area contributed by atoms with Crippen LogP contribution in [0.3, 0.4) is 0 Å². The average Bonchev–Trinajstić information content (AvgIpc) is 3.14. The SMILES string of the molecule is CCCC/C=C/CCCCCCCCCCCC(=O)O[C@H](COC(=O)CCCCC/C=C/CCCCCCCCCC)COP(=O)(O)OC[C@H](N)C(=O)O. The highest BCUT2D eigenvalue weighted by Gasteiger charge is 2.28. The van der Waals surface area contributed by atoms with E-state index in [2.05, 4.69) is 42.7 Å². The highest BCUT2D eigenvalue weighted by atomic mass is 31.2. The second-order valence-electron chi connectivity index (χ2n) is 14.5. The van der Waals surface area contributed by atoms with Gasteiger partial charge in [0.05, 0.1) is 13.2 Å². The topological polar surface area (TPSA) is 172 Å². The molecule has 11 nitrogen and oxygen atoms in total. The number of carboxylic acid groups (broad SMARTS) is 1. The van der Waals surface area contributed by atoms with E-state index in [0.717, 1.165) is 44.9 Å². The molecule has 0 aliphatic rings. The third kappa shape index (κ3) is 36.9. The zero-order valence-corrected chi connectivity index (χ0v) is 35.0. The van der Waals surface area contributed by atoms with Crippen LogP contribution in [0, 0.1) is 0 Å². The Hall–Kier alpha value is -2.04. The second kappa shape index (κ2) is 37.9. The first kappa shape index (κ1) is 52.0. The van der Waals surface area contributed by atoms with E-state index in [1.54, 1.807) is 0 Å². The summed E-state index contributed by atoms with van der Waals surface area (Å²) in [6.45, 7) is 2.76. The highest BCUT2D eigenvalue weighted by Crippen LogP contribution is 2.43. The first-order valence-corrected chi connectivity index (χ1v) is 22.9. The first-order chi connectivity index (χ1) is 26.1. The molecule has 0 aliphatic carbocycles. The zero-order chi connectivity index (χ0) is 40.0. The number of ether oxygens (including phenoxy) is 2. The van der Waals surface area contributed by atoms with E-state index in [0.29, 0.717) is 12.8 Å². The van der Waals surface area contributed by atoms with Crippen LogP contribution in [-0.4, -0.2) is 59.9 Å². The molecular formula is C42H78NO10P. The van der Waals surface area contributed by atoms with Crippen LogP contribution in [0.5, 0.6) is 0 Å². The summed E-state index contributed by atoms with van der Waals surface area (Å²) >= 11 is 0. The molecule has 12 heteroatoms. The van der Waals surface area contributed by atoms with Crippen LogP contribution in [0.1, 0.15) is 194 Å². The normalized spacial score (nSPS) is 14.0. The Morgan fingerprint density at radius 2 is 0.944 bits per heavy atom. The average molecular weight is 788 g/mol. The lowest BCUT2D eigenvalue weighted by atomic mass is 10.1. The van der Waals surface area contributed by atoms with Crippen LogP contribution in [0.15, 0.2) is 24.3 Å². The van der Waals surface area contributed by atoms with Gasteiger partial charge in [-0.3, -0.25) is 23.4 Å². The van der Waals surface area contributed by atoms with E-state index in [-0.39, 0.29) is 19.4 Å². The van der Waals surface area contributed by atoms with Crippen LogP contribution < -0.4 is 5.73 Å². The molecule has 0 bridgehead atoms. The fraction of sp³-hybridized carbons (Fsp3) is 0.833. The van der Waals surface area contributed by atoms with Gasteiger partial charge in [-0.15, -0.1) is 0 Å². The summed E-state index contributed by atoms with van der Waals surface area (Å²) in [6, 6.07) is -1.52. The first-order valence-electron chi connectivity index (χ1n) is 21.4. The molecule has 0 saturated carbocycles. The summed E-state index contributed by atoms with van der Waals surface area (Å²) in [5, 5.41) is 8.88. The predicted octanol–water partition coefficient (Wildman–Crippen LogP) is 11.1. The largest absolute Gasteiger partial charge is 0.480 e. The quantitative estimate of drug-likeness (QED) is 0.0233. The molecule has 0 amide bonds. The molecule has 0 fully saturated rings. The summed E-state index contributed by atoms with van der Waals surface area (Å²) in [5.74, 6) is -2.40. The number of nitrogens with two attached hydrogens (primary N) is 1. The van der Waals surface area contributed by atoms with Gasteiger partial charge in [-0.25, -0.2) is 4.57 Å². The van der Waals surface area contributed by atoms with Crippen LogP contribution in [-0.2, 0) is 37.5 Å². The van der Waals surface area contributed by atoms with Gasteiger partial charge >= 0.3 is 25.7 Å². The maximum atomic E-state index is 12.6. The Kier molecular flexibility index (Phi) is 36.4. The minimum Gasteiger partial charge on any atom is -0.480 e. The summed E-state index contributed by atoms with van der Waals surface area (Å²) in [5.41, 5.74) is 5.33. The lowest BCUT2D eigenvalue weighted by Crippen LogP contribution is -2.34. The minimum absolute atomic E-state index is 0.157. The lowest BCUT2D eigenvalue weighted by molar-refractivity contribution is -0.161. The molecule has 54 heavy (non-hydrogen) atoms. The molecule has 0 heterocycles. The van der Waals surface area contributed by atoms with Gasteiger partial charge in [-0.05, 0) is 57.8 Å². The third-order valence-corrected chi connectivity index (χ3v) is 10.1. The number of carbonyl (C=O) groups is 3. The molecule has 0 aromatic rings. The summed E-state index contributed by atoms with van der Waals surface area (Å²) < 4.78 is 32.6. The smallest absolute Gasteiger partial charge is 0.472 e. The number of carbonyl (C=O) groups excluding carboxylic acids is 2. The van der Waals surface area contributed by atoms with Crippen LogP contribution in [0.2, 0.25) is 0 Å². The second-order valence-corrected chi connectivity index (χ2v) is 15.9. The van der Waals surface area contributed by atoms with Crippen molar-refractivity contribution in [3.63, 3.8) is 0 Å². The number of carboxylic acids is 1. The number of esters is 2. The van der Waals surface area contributed by atoms with Crippen LogP contribution >= 0.6 is 7.82 Å². The number of hydrogen-bond acceptors (Lipinski definition) is 9. The molecule has 4 N–H and O–H groups in total. The van der Waals surface area contributed by atoms with Crippen molar-refractivity contribution in [1.29, 1.82) is 0 Å². The van der Waals surface area contributed by atoms with E-state index >= 15 is 0 Å². The fourth-order valence-electron chi connectivity index (χ4n) is 5.75. The van der Waals surface area contributed by atoms with Gasteiger partial charge in [-0.1, -0.05) is 147 Å². The molecular weight excluding hydrogens is 709 g/mol. The van der Waals surface area contributed by atoms with Crippen molar-refractivity contribution in [2.45, 2.75) is 206 Å². The number of hydrogen-bond donors (Lipinski definition) is 3. The molecule has 0 radical (unpaired) electrons. The number of aliphatic carboxylic acids is 1. The van der Waals surface area contributed by atoms with Gasteiger partial charge in [0.1, 0.15) is 12.6 Å². The van der Waals surface area contributed by atoms with E-state index in [1.165, 1.54) is 109 Å². The molecule has 0 aromatic carbocycles. The number of phosphoric ester groups is 1. The van der Waals surface area contributed by atoms with Crippen molar-refractivity contribution in [3.8, 4) is 0 Å². The number of rotatable bonds is 40. The van der Waals surface area contributed by atoms with Crippen molar-refractivity contribution in [2.24, 2.45) is 5.73 Å². The summed E-state index contributed by atoms with van der Waals surface area (Å²) in [6.07, 6.45) is 38.1. The van der Waals surface area contributed by atoms with Gasteiger partial charge in [0, 0.05) is 12.8 Å². The predicted molar refractivity (Wildman–Crippen MR) is 217 cm³/mol. The van der Waals surface area contributed by atoms with Gasteiger partial charge in [-0.2, -0.15) is 0 Å². The molecule has 0 saturated heterocycles. The third-order valence-electron chi connectivity index (χ3n) is 9.17. The van der Waals surface area contributed by atoms with Crippen LogP contribution in [0.25, 0.3) is 0 Å². The molecule has 0 rings (SSSR count). The van der Waals surface area contributed by atoms with E-state index < -0.39 is 51.1 Å². The fourth-order valence-corrected chi connectivity index (χ4v) is 6.52. The number of phosphoric acid groups is 1. The number of allylic oxidation sites excluding steroid dienone is 4. The van der Waals surface area contributed by atoms with Crippen molar-refractivity contribution in [1.82, 2.24) is 0 Å². The van der Waals surface area contributed by atoms with Crippen molar-refractivity contribution in [3.05, 3.63) is 24.3 Å². The number of unbranched alkanes of at least 4 members (excludes halogenated alkanes) is 22. The van der Waals surface area contributed by atoms with Gasteiger partial charge in [0.25, 0.3) is 0 Å². The summed E-state index contributed by atoms with van der Waals surface area (Å²) in [4.78, 5) is 45.9. The Morgan fingerprint density at radius 1 is 0.556 bits per heavy atom. The maximum Gasteiger partial charge on any atom is 0.472 e. The van der Waals surface area contributed by atoms with Crippen molar-refractivity contribution in [2.75, 3.05) is 19.8 Å². The summed E-state index contributed by atoms with van der Waals surface area (Å²) in [7, 11) is -4.71. The van der Waals surface area contributed by atoms with E-state index in [4.69, 9.17) is 24.8 Å². The molecule has 316 valence electrons. The van der Waals surface area contributed by atoms with Gasteiger partial charge < -0.3 is 25.2 Å². The van der Waals surface area contributed by atoms with Gasteiger partial charge in [0.2, 0.25) is 0 Å². The van der Waals surface area contributed by atoms with E-state index in [9.17, 15) is 23.8 Å². The Labute approximate surface area is 328 Å². The molecule has 3 atom stereocenters. The lowest BCUT2D eigenvalue weighted by Gasteiger charge is -2.20. The Balaban J connectivity index is 4.39. The van der Waals surface area contributed by atoms with Crippen molar-refractivity contribution >= 4 is 25.7 Å². The van der Waals surface area contributed by atoms with Crippen molar-refractivity contribution < 1.29 is 47.5 Å². The van der Waals surface area contributed by atoms with Gasteiger partial charge in [0.15, 0.2) is 6.10 Å². The molecule has 0 spiro atoms. The van der Waals surface area contributed by atoms with E-state index in [1.807, 2.05) is 0 Å². The standard InChI is InChI=1S/C42H78NO10P/c1-3-5-7-9-11-13-15-17-19-21-23-25-27-29-31-33-40(44)50-35-38(36-51-54(48,49)52-37-39(43)42(46)47)53-41(45)34-32-30-28-26-24-22-20-18-16-14-12-10-8-6-4-2/h10,12,21,23,38-39H,3-9,11,13-20,22,24-37,43H2,1-2H3,(H,46,47)(H,48,49)/b12-10+,23-21+/t38-,39+/m1/s1. The highest BCUT2D eigenvalue weighted by molar-refractivity contribution is 7.47. The molecule has 0 aliphatic heterocycles. The zero-order valence-electron chi connectivity index (χ0n) is 34.1. The van der Waals surface area contributed by atoms with Crippen LogP contribution in [0.4, 0.5) is 0 Å². The molecule has 1 unspecified atom stereocenters. The molecule has 0 aromatic heterocycles. The Bertz CT molecular complexity index is 1020. The monoisotopic (exact) mass is 788 g/mol.